The number of hydrogen-bond donors (Lipinski definition) is 1. The first-order valence-corrected chi connectivity index (χ1v) is 6.32. The molecule has 0 bridgehead atoms. The van der Waals surface area contributed by atoms with Gasteiger partial charge in [-0.1, -0.05) is 13.8 Å². The maximum atomic E-state index is 11.6. The standard InChI is InChI=1S/C12H17BrN2O2/c1-8(2)9(3)15-11(16)7-17-10-5-4-6-14-12(10)13/h4-6,8-9H,7H2,1-3H3,(H,15,16). The number of rotatable bonds is 5. The maximum absolute atomic E-state index is 11.6. The van der Waals surface area contributed by atoms with Crippen LogP contribution in [-0.2, 0) is 4.79 Å². The minimum atomic E-state index is -0.123. The van der Waals surface area contributed by atoms with Crippen LogP contribution in [0.25, 0.3) is 0 Å². The SMILES string of the molecule is CC(C)C(C)NC(=O)COc1cccnc1Br. The Labute approximate surface area is 110 Å². The molecule has 1 heterocycles. The zero-order chi connectivity index (χ0) is 12.8. The van der Waals surface area contributed by atoms with Crippen LogP contribution in [0.15, 0.2) is 22.9 Å². The molecule has 1 amide bonds. The molecule has 5 heteroatoms. The fourth-order valence-corrected chi connectivity index (χ4v) is 1.45. The molecule has 94 valence electrons. The monoisotopic (exact) mass is 300 g/mol. The molecular weight excluding hydrogens is 284 g/mol. The molecule has 0 saturated heterocycles. The van der Waals surface area contributed by atoms with E-state index in [9.17, 15) is 4.79 Å². The van der Waals surface area contributed by atoms with Crippen molar-refractivity contribution in [2.75, 3.05) is 6.61 Å². The van der Waals surface area contributed by atoms with Gasteiger partial charge in [0, 0.05) is 12.2 Å². The largest absolute Gasteiger partial charge is 0.481 e. The number of carbonyl (C=O) groups excluding carboxylic acids is 1. The van der Waals surface area contributed by atoms with E-state index in [1.165, 1.54) is 0 Å². The van der Waals surface area contributed by atoms with E-state index in [4.69, 9.17) is 4.74 Å². The molecule has 0 aliphatic heterocycles. The summed E-state index contributed by atoms with van der Waals surface area (Å²) in [6.07, 6.45) is 1.65. The summed E-state index contributed by atoms with van der Waals surface area (Å²) in [5, 5.41) is 2.87. The van der Waals surface area contributed by atoms with E-state index in [1.54, 1.807) is 18.3 Å². The summed E-state index contributed by atoms with van der Waals surface area (Å²) >= 11 is 3.25. The lowest BCUT2D eigenvalue weighted by Crippen LogP contribution is -2.38. The number of ether oxygens (including phenoxy) is 1. The van der Waals surface area contributed by atoms with Crippen molar-refractivity contribution in [1.82, 2.24) is 10.3 Å². The first kappa shape index (κ1) is 14.0. The highest BCUT2D eigenvalue weighted by atomic mass is 79.9. The highest BCUT2D eigenvalue weighted by Crippen LogP contribution is 2.20. The number of amides is 1. The quantitative estimate of drug-likeness (QED) is 0.850. The normalized spacial score (nSPS) is 12.3. The van der Waals surface area contributed by atoms with E-state index in [1.807, 2.05) is 6.92 Å². The molecule has 1 rings (SSSR count). The Balaban J connectivity index is 2.41. The van der Waals surface area contributed by atoms with Gasteiger partial charge in [0.25, 0.3) is 5.91 Å². The molecule has 0 aliphatic carbocycles. The Morgan fingerprint density at radius 1 is 1.53 bits per heavy atom. The average Bonchev–Trinajstić information content (AvgIpc) is 2.27. The Hall–Kier alpha value is -1.10. The van der Waals surface area contributed by atoms with Crippen LogP contribution in [0.4, 0.5) is 0 Å². The minimum absolute atomic E-state index is 0.00134. The Morgan fingerprint density at radius 2 is 2.24 bits per heavy atom. The lowest BCUT2D eigenvalue weighted by atomic mass is 10.1. The van der Waals surface area contributed by atoms with Gasteiger partial charge in [0.1, 0.15) is 4.60 Å². The molecule has 0 aliphatic rings. The molecule has 1 unspecified atom stereocenters. The summed E-state index contributed by atoms with van der Waals surface area (Å²) in [5.74, 6) is 0.853. The van der Waals surface area contributed by atoms with E-state index in [2.05, 4.69) is 40.1 Å². The van der Waals surface area contributed by atoms with Gasteiger partial charge in [-0.15, -0.1) is 0 Å². The van der Waals surface area contributed by atoms with Crippen LogP contribution >= 0.6 is 15.9 Å². The van der Waals surface area contributed by atoms with Gasteiger partial charge in [-0.3, -0.25) is 4.79 Å². The maximum Gasteiger partial charge on any atom is 0.258 e. The first-order valence-electron chi connectivity index (χ1n) is 5.53. The average molecular weight is 301 g/mol. The van der Waals surface area contributed by atoms with Crippen molar-refractivity contribution in [3.63, 3.8) is 0 Å². The lowest BCUT2D eigenvalue weighted by molar-refractivity contribution is -0.124. The minimum Gasteiger partial charge on any atom is -0.481 e. The third-order valence-electron chi connectivity index (χ3n) is 2.47. The second-order valence-corrected chi connectivity index (χ2v) is 4.93. The van der Waals surface area contributed by atoms with Crippen molar-refractivity contribution in [2.45, 2.75) is 26.8 Å². The van der Waals surface area contributed by atoms with Crippen LogP contribution in [0.3, 0.4) is 0 Å². The summed E-state index contributed by atoms with van der Waals surface area (Å²) in [6, 6.07) is 3.66. The van der Waals surface area contributed by atoms with Gasteiger partial charge in [0.15, 0.2) is 12.4 Å². The molecule has 0 fully saturated rings. The first-order chi connectivity index (χ1) is 8.00. The molecule has 1 aromatic rings. The number of hydrogen-bond acceptors (Lipinski definition) is 3. The molecule has 1 N–H and O–H groups in total. The Bertz CT molecular complexity index is 383. The predicted molar refractivity (Wildman–Crippen MR) is 69.9 cm³/mol. The van der Waals surface area contributed by atoms with Crippen molar-refractivity contribution in [3.8, 4) is 5.75 Å². The van der Waals surface area contributed by atoms with Gasteiger partial charge in [0.05, 0.1) is 0 Å². The number of nitrogens with zero attached hydrogens (tertiary/aromatic N) is 1. The second-order valence-electron chi connectivity index (χ2n) is 4.18. The summed E-state index contributed by atoms with van der Waals surface area (Å²) in [7, 11) is 0. The van der Waals surface area contributed by atoms with E-state index >= 15 is 0 Å². The number of halogens is 1. The zero-order valence-corrected chi connectivity index (χ0v) is 11.8. The van der Waals surface area contributed by atoms with Gasteiger partial charge in [-0.25, -0.2) is 4.98 Å². The van der Waals surface area contributed by atoms with Crippen molar-refractivity contribution in [2.24, 2.45) is 5.92 Å². The Morgan fingerprint density at radius 3 is 2.82 bits per heavy atom. The number of carbonyl (C=O) groups is 1. The van der Waals surface area contributed by atoms with Gasteiger partial charge >= 0.3 is 0 Å². The topological polar surface area (TPSA) is 51.2 Å². The van der Waals surface area contributed by atoms with Crippen LogP contribution in [0.1, 0.15) is 20.8 Å². The summed E-state index contributed by atoms with van der Waals surface area (Å²) < 4.78 is 5.96. The van der Waals surface area contributed by atoms with Gasteiger partial charge in [-0.2, -0.15) is 0 Å². The molecular formula is C12H17BrN2O2. The predicted octanol–water partition coefficient (Wildman–Crippen LogP) is 2.38. The molecule has 0 aromatic carbocycles. The van der Waals surface area contributed by atoms with Crippen molar-refractivity contribution in [3.05, 3.63) is 22.9 Å². The fraction of sp³-hybridized carbons (Fsp3) is 0.500. The third-order valence-corrected chi connectivity index (χ3v) is 3.07. The number of nitrogens with one attached hydrogen (secondary N) is 1. The second kappa shape index (κ2) is 6.59. The Kier molecular flexibility index (Phi) is 5.41. The van der Waals surface area contributed by atoms with Crippen LogP contribution < -0.4 is 10.1 Å². The smallest absolute Gasteiger partial charge is 0.258 e. The molecule has 17 heavy (non-hydrogen) atoms. The fourth-order valence-electron chi connectivity index (χ4n) is 1.08. The van der Waals surface area contributed by atoms with E-state index in [0.717, 1.165) is 0 Å². The van der Waals surface area contributed by atoms with Crippen LogP contribution in [-0.4, -0.2) is 23.5 Å². The number of aromatic nitrogens is 1. The van der Waals surface area contributed by atoms with Crippen LogP contribution in [0, 0.1) is 5.92 Å². The molecule has 4 nitrogen and oxygen atoms in total. The van der Waals surface area contributed by atoms with Crippen LogP contribution in [0.2, 0.25) is 0 Å². The van der Waals surface area contributed by atoms with Gasteiger partial charge < -0.3 is 10.1 Å². The van der Waals surface area contributed by atoms with E-state index in [-0.39, 0.29) is 18.6 Å². The molecule has 0 radical (unpaired) electrons. The van der Waals surface area contributed by atoms with Crippen molar-refractivity contribution >= 4 is 21.8 Å². The lowest BCUT2D eigenvalue weighted by Gasteiger charge is -2.17. The summed E-state index contributed by atoms with van der Waals surface area (Å²) in [4.78, 5) is 15.6. The summed E-state index contributed by atoms with van der Waals surface area (Å²) in [5.41, 5.74) is 0. The number of pyridine rings is 1. The summed E-state index contributed by atoms with van der Waals surface area (Å²) in [6.45, 7) is 6.09. The highest BCUT2D eigenvalue weighted by Gasteiger charge is 2.11. The zero-order valence-electron chi connectivity index (χ0n) is 10.2. The van der Waals surface area contributed by atoms with Gasteiger partial charge in [0.2, 0.25) is 0 Å². The molecule has 0 saturated carbocycles. The molecule has 1 aromatic heterocycles. The highest BCUT2D eigenvalue weighted by molar-refractivity contribution is 9.10. The van der Waals surface area contributed by atoms with E-state index < -0.39 is 0 Å². The van der Waals surface area contributed by atoms with Crippen molar-refractivity contribution in [1.29, 1.82) is 0 Å². The third kappa shape index (κ3) is 4.73. The van der Waals surface area contributed by atoms with Gasteiger partial charge in [-0.05, 0) is 40.9 Å². The van der Waals surface area contributed by atoms with E-state index in [0.29, 0.717) is 16.3 Å². The molecule has 1 atom stereocenters. The van der Waals surface area contributed by atoms with Crippen LogP contribution in [0.5, 0.6) is 5.75 Å². The van der Waals surface area contributed by atoms with Crippen molar-refractivity contribution < 1.29 is 9.53 Å². The molecule has 0 spiro atoms.